The molecule has 0 aliphatic heterocycles. The van der Waals surface area contributed by atoms with Gasteiger partial charge in [0.15, 0.2) is 0 Å². The summed E-state index contributed by atoms with van der Waals surface area (Å²) >= 11 is 0. The van der Waals surface area contributed by atoms with Crippen LogP contribution in [-0.2, 0) is 12.8 Å². The maximum atomic E-state index is 11.7. The SMILES string of the molecule is Cc1cc(CCN(CN)CCc2cc(C)cc(-n3c4ccccc4c4ccccc43)c2O)c(O)c(-n2c3ccccc3c3ccccc32)c1. The number of rotatable bonds is 9. The van der Waals surface area contributed by atoms with Crippen molar-refractivity contribution in [2.45, 2.75) is 26.7 Å². The van der Waals surface area contributed by atoms with Crippen molar-refractivity contribution in [2.24, 2.45) is 5.73 Å². The molecule has 8 rings (SSSR count). The number of aryl methyl sites for hydroxylation is 2. The lowest BCUT2D eigenvalue weighted by Gasteiger charge is -2.22. The third-order valence-electron chi connectivity index (χ3n) is 9.92. The molecule has 0 aliphatic carbocycles. The van der Waals surface area contributed by atoms with Gasteiger partial charge in [-0.05, 0) is 85.3 Å². The molecule has 2 heterocycles. The fourth-order valence-corrected chi connectivity index (χ4v) is 7.60. The van der Waals surface area contributed by atoms with Gasteiger partial charge in [0.05, 0.1) is 33.4 Å². The molecule has 49 heavy (non-hydrogen) atoms. The van der Waals surface area contributed by atoms with Gasteiger partial charge >= 0.3 is 0 Å². The largest absolute Gasteiger partial charge is 0.505 e. The first-order valence-electron chi connectivity index (χ1n) is 17.0. The van der Waals surface area contributed by atoms with E-state index in [0.717, 1.165) is 77.2 Å². The molecule has 6 nitrogen and oxygen atoms in total. The number of benzene rings is 6. The van der Waals surface area contributed by atoms with Gasteiger partial charge in [0.2, 0.25) is 0 Å². The van der Waals surface area contributed by atoms with E-state index in [2.05, 4.69) is 125 Å². The Morgan fingerprint density at radius 1 is 0.510 bits per heavy atom. The molecule has 0 aliphatic rings. The van der Waals surface area contributed by atoms with Crippen LogP contribution in [0.3, 0.4) is 0 Å². The molecule has 0 spiro atoms. The molecule has 0 fully saturated rings. The van der Waals surface area contributed by atoms with Gasteiger partial charge in [0.1, 0.15) is 11.5 Å². The number of fused-ring (bicyclic) bond motifs is 6. The molecule has 0 saturated carbocycles. The highest BCUT2D eigenvalue weighted by molar-refractivity contribution is 6.10. The van der Waals surface area contributed by atoms with Crippen molar-refractivity contribution >= 4 is 43.6 Å². The normalized spacial score (nSPS) is 11.9. The Balaban J connectivity index is 1.07. The first-order chi connectivity index (χ1) is 23.9. The second-order valence-corrected chi connectivity index (χ2v) is 13.1. The van der Waals surface area contributed by atoms with Crippen LogP contribution in [0.25, 0.3) is 55.0 Å². The molecule has 0 saturated heterocycles. The van der Waals surface area contributed by atoms with Gasteiger partial charge in [-0.25, -0.2) is 0 Å². The lowest BCUT2D eigenvalue weighted by molar-refractivity contribution is 0.286. The molecule has 0 amide bonds. The highest BCUT2D eigenvalue weighted by Gasteiger charge is 2.20. The van der Waals surface area contributed by atoms with E-state index in [-0.39, 0.29) is 0 Å². The second-order valence-electron chi connectivity index (χ2n) is 13.1. The summed E-state index contributed by atoms with van der Waals surface area (Å²) in [6.45, 7) is 5.88. The van der Waals surface area contributed by atoms with Gasteiger partial charge in [-0.3, -0.25) is 4.90 Å². The van der Waals surface area contributed by atoms with Gasteiger partial charge in [-0.2, -0.15) is 0 Å². The Hall–Kier alpha value is -5.56. The standard InChI is InChI=1S/C43H40N4O2/c1-28-23-30(42(48)40(25-28)46-36-15-7-3-11-32(36)33-12-4-8-16-37(33)46)19-21-45(27-44)22-20-31-24-29(2)26-41(43(31)49)47-38-17-9-5-13-34(38)35-14-6-10-18-39(35)47/h3-18,23-26,48-49H,19-22,27,44H2,1-2H3. The van der Waals surface area contributed by atoms with Crippen LogP contribution in [0.1, 0.15) is 22.3 Å². The van der Waals surface area contributed by atoms with Gasteiger partial charge in [0.25, 0.3) is 0 Å². The zero-order chi connectivity index (χ0) is 33.6. The minimum Gasteiger partial charge on any atom is -0.505 e. The number of para-hydroxylation sites is 4. The molecule has 6 heteroatoms. The number of phenolic OH excluding ortho intramolecular Hbond substituents is 2. The Labute approximate surface area is 285 Å². The van der Waals surface area contributed by atoms with E-state index >= 15 is 0 Å². The number of phenols is 2. The summed E-state index contributed by atoms with van der Waals surface area (Å²) in [6.07, 6.45) is 1.28. The first-order valence-corrected chi connectivity index (χ1v) is 17.0. The average molecular weight is 645 g/mol. The van der Waals surface area contributed by atoms with Crippen LogP contribution in [0.2, 0.25) is 0 Å². The van der Waals surface area contributed by atoms with Gasteiger partial charge in [-0.1, -0.05) is 84.9 Å². The number of aromatic nitrogens is 2. The number of nitrogens with two attached hydrogens (primary N) is 1. The molecule has 244 valence electrons. The summed E-state index contributed by atoms with van der Waals surface area (Å²) in [5.74, 6) is 0.586. The minimum absolute atomic E-state index is 0.293. The van der Waals surface area contributed by atoms with Crippen LogP contribution >= 0.6 is 0 Å². The molecule has 6 aromatic carbocycles. The fourth-order valence-electron chi connectivity index (χ4n) is 7.60. The first kappa shape index (κ1) is 30.8. The topological polar surface area (TPSA) is 79.6 Å². The van der Waals surface area contributed by atoms with E-state index in [1.165, 1.54) is 0 Å². The predicted molar refractivity (Wildman–Crippen MR) is 202 cm³/mol. The molecule has 4 N–H and O–H groups in total. The van der Waals surface area contributed by atoms with Gasteiger partial charge < -0.3 is 25.1 Å². The Morgan fingerprint density at radius 2 is 0.837 bits per heavy atom. The third-order valence-corrected chi connectivity index (χ3v) is 9.92. The van der Waals surface area contributed by atoms with Crippen molar-refractivity contribution in [3.05, 3.63) is 144 Å². The van der Waals surface area contributed by atoms with Gasteiger partial charge in [0, 0.05) is 41.3 Å². The Morgan fingerprint density at radius 3 is 1.16 bits per heavy atom. The van der Waals surface area contributed by atoms with Gasteiger partial charge in [-0.15, -0.1) is 0 Å². The summed E-state index contributed by atoms with van der Waals surface area (Å²) in [5, 5.41) is 28.1. The average Bonchev–Trinajstić information content (AvgIpc) is 3.64. The Bertz CT molecular complexity index is 2230. The summed E-state index contributed by atoms with van der Waals surface area (Å²) < 4.78 is 4.35. The summed E-state index contributed by atoms with van der Waals surface area (Å²) in [7, 11) is 0. The number of nitrogens with zero attached hydrogens (tertiary/aromatic N) is 3. The van der Waals surface area contributed by atoms with Crippen LogP contribution in [0.15, 0.2) is 121 Å². The maximum Gasteiger partial charge on any atom is 0.142 e. The molecular formula is C43H40N4O2. The van der Waals surface area contributed by atoms with Crippen molar-refractivity contribution in [3.63, 3.8) is 0 Å². The smallest absolute Gasteiger partial charge is 0.142 e. The third kappa shape index (κ3) is 5.30. The number of hydrogen-bond donors (Lipinski definition) is 3. The number of aromatic hydroxyl groups is 2. The van der Waals surface area contributed by atoms with Crippen LogP contribution in [0.4, 0.5) is 0 Å². The number of hydrogen-bond acceptors (Lipinski definition) is 4. The van der Waals surface area contributed by atoms with E-state index in [4.69, 9.17) is 5.73 Å². The summed E-state index contributed by atoms with van der Waals surface area (Å²) in [6, 6.07) is 41.7. The van der Waals surface area contributed by atoms with Crippen molar-refractivity contribution in [2.75, 3.05) is 19.8 Å². The van der Waals surface area contributed by atoms with Crippen LogP contribution in [-0.4, -0.2) is 44.0 Å². The predicted octanol–water partition coefficient (Wildman–Crippen LogP) is 8.91. The molecule has 0 radical (unpaired) electrons. The zero-order valence-electron chi connectivity index (χ0n) is 27.9. The molecular weight excluding hydrogens is 604 g/mol. The summed E-state index contributed by atoms with van der Waals surface area (Å²) in [5.41, 5.74) is 16.1. The zero-order valence-corrected chi connectivity index (χ0v) is 27.9. The quantitative estimate of drug-likeness (QED) is 0.137. The molecule has 0 atom stereocenters. The van der Waals surface area contributed by atoms with Crippen molar-refractivity contribution in [3.8, 4) is 22.9 Å². The lowest BCUT2D eigenvalue weighted by Crippen LogP contribution is -2.33. The van der Waals surface area contributed by atoms with Crippen LogP contribution < -0.4 is 5.73 Å². The summed E-state index contributed by atoms with van der Waals surface area (Å²) in [4.78, 5) is 2.18. The van der Waals surface area contributed by atoms with E-state index in [0.29, 0.717) is 44.1 Å². The van der Waals surface area contributed by atoms with E-state index < -0.39 is 0 Å². The molecule has 0 unspecified atom stereocenters. The van der Waals surface area contributed by atoms with E-state index in [9.17, 15) is 10.2 Å². The highest BCUT2D eigenvalue weighted by Crippen LogP contribution is 2.39. The van der Waals surface area contributed by atoms with Crippen molar-refractivity contribution in [1.82, 2.24) is 14.0 Å². The molecule has 2 aromatic heterocycles. The lowest BCUT2D eigenvalue weighted by atomic mass is 10.0. The van der Waals surface area contributed by atoms with E-state index in [1.807, 2.05) is 24.3 Å². The monoisotopic (exact) mass is 644 g/mol. The van der Waals surface area contributed by atoms with E-state index in [1.54, 1.807) is 0 Å². The van der Waals surface area contributed by atoms with Crippen molar-refractivity contribution < 1.29 is 10.2 Å². The molecule has 0 bridgehead atoms. The molecule has 8 aromatic rings. The Kier molecular flexibility index (Phi) is 7.83. The van der Waals surface area contributed by atoms with Crippen LogP contribution in [0, 0.1) is 13.8 Å². The second kappa shape index (κ2) is 12.5. The van der Waals surface area contributed by atoms with Crippen molar-refractivity contribution in [1.29, 1.82) is 0 Å². The van der Waals surface area contributed by atoms with Crippen LogP contribution in [0.5, 0.6) is 11.5 Å². The maximum absolute atomic E-state index is 11.7. The fraction of sp³-hybridized carbons (Fsp3) is 0.163. The highest BCUT2D eigenvalue weighted by atomic mass is 16.3. The minimum atomic E-state index is 0.293.